The molecule has 0 saturated carbocycles. The van der Waals surface area contributed by atoms with Gasteiger partial charge in [-0.1, -0.05) is 13.8 Å². The van der Waals surface area contributed by atoms with Gasteiger partial charge in [0, 0.05) is 23.4 Å². The summed E-state index contributed by atoms with van der Waals surface area (Å²) in [6.45, 7) is 11.0. The third kappa shape index (κ3) is 2.04. The Morgan fingerprint density at radius 2 is 2.00 bits per heavy atom. The second-order valence-electron chi connectivity index (χ2n) is 5.03. The molecule has 17 heavy (non-hydrogen) atoms. The molecular weight excluding hydrogens is 210 g/mol. The number of hydrogen-bond donors (Lipinski definition) is 1. The third-order valence-corrected chi connectivity index (χ3v) is 3.84. The molecule has 1 unspecified atom stereocenters. The first-order valence-corrected chi connectivity index (χ1v) is 6.62. The molecule has 3 nitrogen and oxygen atoms in total. The van der Waals surface area contributed by atoms with E-state index >= 15 is 0 Å². The van der Waals surface area contributed by atoms with Crippen molar-refractivity contribution in [2.45, 2.75) is 53.5 Å². The van der Waals surface area contributed by atoms with Gasteiger partial charge in [0.2, 0.25) is 0 Å². The second-order valence-corrected chi connectivity index (χ2v) is 5.03. The highest BCUT2D eigenvalue weighted by Gasteiger charge is 2.32. The van der Waals surface area contributed by atoms with Crippen LogP contribution >= 0.6 is 0 Å². The van der Waals surface area contributed by atoms with Crippen molar-refractivity contribution in [3.8, 4) is 0 Å². The first kappa shape index (κ1) is 12.4. The minimum absolute atomic E-state index is 0.386. The predicted molar refractivity (Wildman–Crippen MR) is 72.4 cm³/mol. The average molecular weight is 233 g/mol. The molecule has 0 spiro atoms. The number of fused-ring (bicyclic) bond motifs is 1. The molecule has 2 aliphatic heterocycles. The molecule has 2 rings (SSSR count). The van der Waals surface area contributed by atoms with Crippen LogP contribution in [0.1, 0.15) is 47.5 Å². The normalized spacial score (nSPS) is 24.1. The number of hydrazine groups is 1. The zero-order valence-corrected chi connectivity index (χ0v) is 11.5. The zero-order valence-electron chi connectivity index (χ0n) is 11.5. The summed E-state index contributed by atoms with van der Waals surface area (Å²) in [5, 5.41) is 2.20. The van der Waals surface area contributed by atoms with Crippen molar-refractivity contribution >= 4 is 5.71 Å². The molecule has 0 radical (unpaired) electrons. The van der Waals surface area contributed by atoms with Gasteiger partial charge in [0.05, 0.1) is 0 Å². The highest BCUT2D eigenvalue weighted by Crippen LogP contribution is 2.33. The topological polar surface area (TPSA) is 27.6 Å². The first-order chi connectivity index (χ1) is 8.08. The van der Waals surface area contributed by atoms with Gasteiger partial charge >= 0.3 is 0 Å². The first-order valence-electron chi connectivity index (χ1n) is 6.62. The number of nitrogens with zero attached hydrogens (tertiary/aromatic N) is 2. The number of allylic oxidation sites excluding steroid dienone is 2. The molecule has 94 valence electrons. The van der Waals surface area contributed by atoms with Crippen molar-refractivity contribution < 1.29 is 0 Å². The smallest absolute Gasteiger partial charge is 0.147 e. The maximum atomic E-state index is 4.66. The van der Waals surface area contributed by atoms with Crippen LogP contribution in [-0.4, -0.2) is 16.8 Å². The van der Waals surface area contributed by atoms with E-state index in [1.165, 1.54) is 24.1 Å². The molecule has 0 aromatic heterocycles. The Labute approximate surface area is 104 Å². The zero-order chi connectivity index (χ0) is 12.6. The van der Waals surface area contributed by atoms with Crippen LogP contribution in [0.3, 0.4) is 0 Å². The number of hydrogen-bond acceptors (Lipinski definition) is 3. The third-order valence-electron chi connectivity index (χ3n) is 3.84. The Kier molecular flexibility index (Phi) is 3.38. The van der Waals surface area contributed by atoms with Crippen molar-refractivity contribution in [1.82, 2.24) is 10.4 Å². The Morgan fingerprint density at radius 3 is 2.59 bits per heavy atom. The van der Waals surface area contributed by atoms with Crippen LogP contribution in [0, 0.1) is 5.92 Å². The summed E-state index contributed by atoms with van der Waals surface area (Å²) >= 11 is 0. The van der Waals surface area contributed by atoms with Crippen LogP contribution in [-0.2, 0) is 0 Å². The van der Waals surface area contributed by atoms with Crippen molar-refractivity contribution in [3.63, 3.8) is 0 Å². The van der Waals surface area contributed by atoms with Crippen molar-refractivity contribution in [1.29, 1.82) is 0 Å². The molecule has 0 aromatic carbocycles. The van der Waals surface area contributed by atoms with Gasteiger partial charge in [0.15, 0.2) is 0 Å². The second kappa shape index (κ2) is 4.65. The van der Waals surface area contributed by atoms with Gasteiger partial charge in [0.25, 0.3) is 0 Å². The van der Waals surface area contributed by atoms with Gasteiger partial charge in [-0.3, -0.25) is 5.01 Å². The molecular formula is C14H23N3. The Balaban J connectivity index is 2.39. The van der Waals surface area contributed by atoms with Crippen LogP contribution < -0.4 is 5.43 Å². The van der Waals surface area contributed by atoms with E-state index < -0.39 is 0 Å². The summed E-state index contributed by atoms with van der Waals surface area (Å²) < 4.78 is 0. The molecule has 0 amide bonds. The van der Waals surface area contributed by atoms with E-state index in [0.717, 1.165) is 11.5 Å². The minimum atomic E-state index is 0.386. The molecule has 0 bridgehead atoms. The van der Waals surface area contributed by atoms with E-state index in [1.807, 2.05) is 0 Å². The summed E-state index contributed by atoms with van der Waals surface area (Å²) in [7, 11) is 0. The summed E-state index contributed by atoms with van der Waals surface area (Å²) in [5.74, 6) is 1.72. The lowest BCUT2D eigenvalue weighted by atomic mass is 9.97. The molecule has 2 heterocycles. The fourth-order valence-electron chi connectivity index (χ4n) is 2.54. The number of aliphatic imine (C=N–C) groups is 1. The largest absolute Gasteiger partial charge is 0.263 e. The van der Waals surface area contributed by atoms with Crippen LogP contribution in [0.4, 0.5) is 0 Å². The van der Waals surface area contributed by atoms with Gasteiger partial charge in [-0.2, -0.15) is 0 Å². The standard InChI is InChI=1S/C14H23N3/c1-6-12(7-2)13-8-9(3)15-14-10(4)11(5)16-17(13)14/h8,11-12,16H,6-7H2,1-5H3. The van der Waals surface area contributed by atoms with Crippen LogP contribution in [0.2, 0.25) is 0 Å². The molecule has 3 heteroatoms. The van der Waals surface area contributed by atoms with E-state index in [0.29, 0.717) is 12.0 Å². The lowest BCUT2D eigenvalue weighted by Crippen LogP contribution is -2.39. The number of nitrogens with one attached hydrogen (secondary N) is 1. The van der Waals surface area contributed by atoms with E-state index in [-0.39, 0.29) is 0 Å². The van der Waals surface area contributed by atoms with Crippen LogP contribution in [0.25, 0.3) is 0 Å². The Hall–Kier alpha value is -1.09. The minimum Gasteiger partial charge on any atom is -0.263 e. The molecule has 0 aromatic rings. The van der Waals surface area contributed by atoms with E-state index in [4.69, 9.17) is 0 Å². The highest BCUT2D eigenvalue weighted by atomic mass is 15.6. The molecule has 0 fully saturated rings. The molecule has 0 aliphatic carbocycles. The molecule has 2 aliphatic rings. The van der Waals surface area contributed by atoms with Crippen molar-refractivity contribution in [2.24, 2.45) is 10.9 Å². The maximum Gasteiger partial charge on any atom is 0.147 e. The SMILES string of the molecule is CCC(CC)C1=CC(C)=NC2=C(C)C(C)NN12. The summed E-state index contributed by atoms with van der Waals surface area (Å²) in [6, 6.07) is 0.386. The van der Waals surface area contributed by atoms with E-state index in [2.05, 4.69) is 56.1 Å². The number of rotatable bonds is 3. The fourth-order valence-corrected chi connectivity index (χ4v) is 2.54. The Bertz CT molecular complexity index is 400. The van der Waals surface area contributed by atoms with Crippen molar-refractivity contribution in [3.05, 3.63) is 23.2 Å². The lowest BCUT2D eigenvalue weighted by Gasteiger charge is -2.31. The quantitative estimate of drug-likeness (QED) is 0.810. The monoisotopic (exact) mass is 233 g/mol. The van der Waals surface area contributed by atoms with Crippen molar-refractivity contribution in [2.75, 3.05) is 0 Å². The molecule has 0 saturated heterocycles. The van der Waals surface area contributed by atoms with E-state index in [1.54, 1.807) is 0 Å². The predicted octanol–water partition coefficient (Wildman–Crippen LogP) is 3.22. The van der Waals surface area contributed by atoms with Gasteiger partial charge in [-0.05, 0) is 45.3 Å². The summed E-state index contributed by atoms with van der Waals surface area (Å²) in [4.78, 5) is 4.66. The van der Waals surface area contributed by atoms with Crippen LogP contribution in [0.5, 0.6) is 0 Å². The molecule has 1 N–H and O–H groups in total. The average Bonchev–Trinajstić information content (AvgIpc) is 2.58. The van der Waals surface area contributed by atoms with Gasteiger partial charge in [-0.25, -0.2) is 10.4 Å². The fraction of sp³-hybridized carbons (Fsp3) is 0.643. The highest BCUT2D eigenvalue weighted by molar-refractivity contribution is 5.95. The van der Waals surface area contributed by atoms with Gasteiger partial charge in [0.1, 0.15) is 5.82 Å². The summed E-state index contributed by atoms with van der Waals surface area (Å²) in [6.07, 6.45) is 4.57. The molecule has 1 atom stereocenters. The van der Waals surface area contributed by atoms with Gasteiger partial charge < -0.3 is 0 Å². The lowest BCUT2D eigenvalue weighted by molar-refractivity contribution is 0.275. The maximum absolute atomic E-state index is 4.66. The van der Waals surface area contributed by atoms with E-state index in [9.17, 15) is 0 Å². The Morgan fingerprint density at radius 1 is 1.35 bits per heavy atom. The summed E-state index contributed by atoms with van der Waals surface area (Å²) in [5.41, 5.74) is 7.34. The van der Waals surface area contributed by atoms with Crippen LogP contribution in [0.15, 0.2) is 28.2 Å². The van der Waals surface area contributed by atoms with Gasteiger partial charge in [-0.15, -0.1) is 0 Å².